The number of ether oxygens (including phenoxy) is 1. The highest BCUT2D eigenvalue weighted by atomic mass is 16.5. The Balaban J connectivity index is 2.22. The topological polar surface area (TPSA) is 29.5 Å². The molecule has 0 radical (unpaired) electrons. The van der Waals surface area contributed by atoms with E-state index in [1.807, 2.05) is 12.1 Å². The molecular formula is C17H28O2. The number of rotatable bonds is 9. The fraction of sp³-hybridized carbons (Fsp3) is 0.647. The average Bonchev–Trinajstić information content (AvgIpc) is 2.36. The van der Waals surface area contributed by atoms with E-state index in [4.69, 9.17) is 4.74 Å². The fourth-order valence-electron chi connectivity index (χ4n) is 2.30. The second kappa shape index (κ2) is 9.11. The lowest BCUT2D eigenvalue weighted by atomic mass is 10.0. The van der Waals surface area contributed by atoms with Crippen LogP contribution in [0.5, 0.6) is 0 Å². The molecule has 1 atom stereocenters. The quantitative estimate of drug-likeness (QED) is 0.673. The third kappa shape index (κ3) is 6.74. The van der Waals surface area contributed by atoms with Crippen LogP contribution in [-0.2, 0) is 4.74 Å². The van der Waals surface area contributed by atoms with Gasteiger partial charge < -0.3 is 9.84 Å². The van der Waals surface area contributed by atoms with Crippen LogP contribution in [0, 0.1) is 13.8 Å². The van der Waals surface area contributed by atoms with E-state index in [1.54, 1.807) is 0 Å². The number of aliphatic hydroxyl groups excluding tert-OH is 1. The number of hydrogen-bond acceptors (Lipinski definition) is 2. The van der Waals surface area contributed by atoms with Crippen molar-refractivity contribution in [1.82, 2.24) is 0 Å². The summed E-state index contributed by atoms with van der Waals surface area (Å²) in [6.45, 7) is 7.48. The number of aryl methyl sites for hydroxylation is 2. The molecule has 1 unspecified atom stereocenters. The molecule has 1 N–H and O–H groups in total. The maximum Gasteiger partial charge on any atom is 0.102 e. The zero-order chi connectivity index (χ0) is 14.1. The van der Waals surface area contributed by atoms with Crippen molar-refractivity contribution < 1.29 is 9.84 Å². The largest absolute Gasteiger partial charge is 0.386 e. The third-order valence-electron chi connectivity index (χ3n) is 3.30. The summed E-state index contributed by atoms with van der Waals surface area (Å²) in [6.07, 6.45) is 5.69. The Morgan fingerprint density at radius 1 is 1.00 bits per heavy atom. The van der Waals surface area contributed by atoms with E-state index >= 15 is 0 Å². The lowest BCUT2D eigenvalue weighted by molar-refractivity contribution is 0.0344. The molecule has 0 fully saturated rings. The molecule has 0 aliphatic rings. The van der Waals surface area contributed by atoms with Gasteiger partial charge in [0.25, 0.3) is 0 Å². The van der Waals surface area contributed by atoms with Gasteiger partial charge in [-0.2, -0.15) is 0 Å². The van der Waals surface area contributed by atoms with Gasteiger partial charge in [0.15, 0.2) is 0 Å². The first kappa shape index (κ1) is 16.2. The Hall–Kier alpha value is -0.860. The summed E-state index contributed by atoms with van der Waals surface area (Å²) >= 11 is 0. The third-order valence-corrected chi connectivity index (χ3v) is 3.30. The predicted molar refractivity (Wildman–Crippen MR) is 80.5 cm³/mol. The van der Waals surface area contributed by atoms with Crippen LogP contribution in [0.15, 0.2) is 18.2 Å². The van der Waals surface area contributed by atoms with Gasteiger partial charge in [-0.05, 0) is 25.8 Å². The van der Waals surface area contributed by atoms with Crippen LogP contribution in [0.4, 0.5) is 0 Å². The van der Waals surface area contributed by atoms with Crippen molar-refractivity contribution in [2.24, 2.45) is 0 Å². The first-order chi connectivity index (χ1) is 9.13. The van der Waals surface area contributed by atoms with Gasteiger partial charge in [0, 0.05) is 6.61 Å². The molecular weight excluding hydrogens is 236 g/mol. The standard InChI is InChI=1S/C17H28O2/c1-4-5-6-7-8-9-19-13-17(18)16-11-14(2)10-15(3)12-16/h10-12,17-18H,4-9,13H2,1-3H3. The zero-order valence-corrected chi connectivity index (χ0v) is 12.6. The highest BCUT2D eigenvalue weighted by Gasteiger charge is 2.08. The molecule has 0 bridgehead atoms. The second-order valence-corrected chi connectivity index (χ2v) is 5.43. The molecule has 0 aliphatic carbocycles. The van der Waals surface area contributed by atoms with Gasteiger partial charge in [-0.1, -0.05) is 61.9 Å². The van der Waals surface area contributed by atoms with E-state index in [0.29, 0.717) is 6.61 Å². The van der Waals surface area contributed by atoms with Gasteiger partial charge >= 0.3 is 0 Å². The van der Waals surface area contributed by atoms with E-state index in [0.717, 1.165) is 18.6 Å². The summed E-state index contributed by atoms with van der Waals surface area (Å²) < 4.78 is 5.56. The molecule has 108 valence electrons. The fourth-order valence-corrected chi connectivity index (χ4v) is 2.30. The number of unbranched alkanes of at least 4 members (excludes halogenated alkanes) is 4. The van der Waals surface area contributed by atoms with E-state index in [9.17, 15) is 5.11 Å². The van der Waals surface area contributed by atoms with Crippen LogP contribution in [0.2, 0.25) is 0 Å². The second-order valence-electron chi connectivity index (χ2n) is 5.43. The van der Waals surface area contributed by atoms with Gasteiger partial charge in [-0.3, -0.25) is 0 Å². The maximum atomic E-state index is 10.1. The van der Waals surface area contributed by atoms with Crippen LogP contribution in [-0.4, -0.2) is 18.3 Å². The number of benzene rings is 1. The minimum absolute atomic E-state index is 0.399. The Morgan fingerprint density at radius 3 is 2.26 bits per heavy atom. The van der Waals surface area contributed by atoms with Gasteiger partial charge in [-0.25, -0.2) is 0 Å². The highest BCUT2D eigenvalue weighted by Crippen LogP contribution is 2.17. The monoisotopic (exact) mass is 264 g/mol. The molecule has 1 aromatic carbocycles. The SMILES string of the molecule is CCCCCCCOCC(O)c1cc(C)cc(C)c1. The van der Waals surface area contributed by atoms with Gasteiger partial charge in [-0.15, -0.1) is 0 Å². The lowest BCUT2D eigenvalue weighted by Crippen LogP contribution is -2.08. The minimum Gasteiger partial charge on any atom is -0.386 e. The molecule has 0 amide bonds. The molecule has 1 aromatic rings. The Kier molecular flexibility index (Phi) is 7.76. The van der Waals surface area contributed by atoms with Gasteiger partial charge in [0.2, 0.25) is 0 Å². The van der Waals surface area contributed by atoms with Crippen LogP contribution in [0.1, 0.15) is 61.8 Å². The van der Waals surface area contributed by atoms with E-state index < -0.39 is 6.10 Å². The molecule has 2 nitrogen and oxygen atoms in total. The Labute approximate surface area is 117 Å². The molecule has 0 saturated carbocycles. The minimum atomic E-state index is -0.505. The number of aliphatic hydroxyl groups is 1. The van der Waals surface area contributed by atoms with Crippen molar-refractivity contribution in [1.29, 1.82) is 0 Å². The van der Waals surface area contributed by atoms with Crippen molar-refractivity contribution in [2.45, 2.75) is 59.0 Å². The zero-order valence-electron chi connectivity index (χ0n) is 12.6. The summed E-state index contributed by atoms with van der Waals surface area (Å²) in [6, 6.07) is 6.18. The van der Waals surface area contributed by atoms with Gasteiger partial charge in [0.05, 0.1) is 6.61 Å². The molecule has 0 aromatic heterocycles. The average molecular weight is 264 g/mol. The summed E-state index contributed by atoms with van der Waals surface area (Å²) in [4.78, 5) is 0. The van der Waals surface area contributed by atoms with E-state index in [2.05, 4.69) is 26.8 Å². The molecule has 0 aliphatic heterocycles. The normalized spacial score (nSPS) is 12.6. The Morgan fingerprint density at radius 2 is 1.63 bits per heavy atom. The summed E-state index contributed by atoms with van der Waals surface area (Å²) in [5, 5.41) is 10.1. The van der Waals surface area contributed by atoms with Crippen LogP contribution < -0.4 is 0 Å². The molecule has 0 saturated heterocycles. The van der Waals surface area contributed by atoms with Crippen molar-refractivity contribution in [3.8, 4) is 0 Å². The molecule has 1 rings (SSSR count). The van der Waals surface area contributed by atoms with E-state index in [-0.39, 0.29) is 0 Å². The van der Waals surface area contributed by atoms with Crippen molar-refractivity contribution in [3.63, 3.8) is 0 Å². The molecule has 2 heteroatoms. The summed E-state index contributed by atoms with van der Waals surface area (Å²) in [5.74, 6) is 0. The van der Waals surface area contributed by atoms with Crippen molar-refractivity contribution >= 4 is 0 Å². The van der Waals surface area contributed by atoms with Crippen molar-refractivity contribution in [2.75, 3.05) is 13.2 Å². The predicted octanol–water partition coefficient (Wildman–Crippen LogP) is 4.32. The molecule has 0 spiro atoms. The van der Waals surface area contributed by atoms with Crippen LogP contribution in [0.25, 0.3) is 0 Å². The smallest absolute Gasteiger partial charge is 0.102 e. The van der Waals surface area contributed by atoms with Crippen LogP contribution >= 0.6 is 0 Å². The van der Waals surface area contributed by atoms with Crippen LogP contribution in [0.3, 0.4) is 0 Å². The van der Waals surface area contributed by atoms with Gasteiger partial charge in [0.1, 0.15) is 6.10 Å². The highest BCUT2D eigenvalue weighted by molar-refractivity contribution is 5.29. The molecule has 19 heavy (non-hydrogen) atoms. The first-order valence-corrected chi connectivity index (χ1v) is 7.47. The first-order valence-electron chi connectivity index (χ1n) is 7.47. The van der Waals surface area contributed by atoms with E-state index in [1.165, 1.54) is 36.8 Å². The van der Waals surface area contributed by atoms with Crippen molar-refractivity contribution in [3.05, 3.63) is 34.9 Å². The summed E-state index contributed by atoms with van der Waals surface area (Å²) in [7, 11) is 0. The molecule has 0 heterocycles. The number of hydrogen-bond donors (Lipinski definition) is 1. The summed E-state index contributed by atoms with van der Waals surface area (Å²) in [5.41, 5.74) is 3.34. The lowest BCUT2D eigenvalue weighted by Gasteiger charge is -2.13. The maximum absolute atomic E-state index is 10.1. The Bertz CT molecular complexity index is 340.